The Kier molecular flexibility index (Phi) is 3.50. The van der Waals surface area contributed by atoms with Crippen LogP contribution in [-0.4, -0.2) is 32.0 Å². The number of hydrogen-bond donors (Lipinski definition) is 2. The summed E-state index contributed by atoms with van der Waals surface area (Å²) in [5.74, 6) is 0.568. The van der Waals surface area contributed by atoms with Crippen LogP contribution in [0.4, 0.5) is 5.69 Å². The third-order valence-electron chi connectivity index (χ3n) is 4.40. The maximum Gasteiger partial charge on any atom is 0.152 e. The molecule has 2 aliphatic heterocycles. The first kappa shape index (κ1) is 13.9. The molecule has 1 unspecified atom stereocenters. The summed E-state index contributed by atoms with van der Waals surface area (Å²) in [5, 5.41) is 6.90. The predicted octanol–water partition coefficient (Wildman–Crippen LogP) is 1.71. The molecule has 110 valence electrons. The van der Waals surface area contributed by atoms with Crippen molar-refractivity contribution in [2.24, 2.45) is 0 Å². The van der Waals surface area contributed by atoms with Gasteiger partial charge in [0.1, 0.15) is 0 Å². The van der Waals surface area contributed by atoms with Crippen LogP contribution in [0.3, 0.4) is 0 Å². The predicted molar refractivity (Wildman–Crippen MR) is 81.8 cm³/mol. The highest BCUT2D eigenvalue weighted by Gasteiger charge is 2.37. The van der Waals surface area contributed by atoms with Gasteiger partial charge in [-0.05, 0) is 43.4 Å². The van der Waals surface area contributed by atoms with Gasteiger partial charge in [-0.15, -0.1) is 0 Å². The van der Waals surface area contributed by atoms with E-state index in [9.17, 15) is 8.42 Å². The van der Waals surface area contributed by atoms with E-state index in [1.54, 1.807) is 0 Å². The Morgan fingerprint density at radius 2 is 2.25 bits per heavy atom. The average Bonchev–Trinajstić information content (AvgIpc) is 2.71. The summed E-state index contributed by atoms with van der Waals surface area (Å²) < 4.78 is 23.3. The fourth-order valence-corrected chi connectivity index (χ4v) is 5.33. The van der Waals surface area contributed by atoms with Gasteiger partial charge >= 0.3 is 0 Å². The third kappa shape index (κ3) is 2.83. The molecule has 0 radical (unpaired) electrons. The van der Waals surface area contributed by atoms with Crippen LogP contribution in [0.1, 0.15) is 30.9 Å². The Labute approximate surface area is 120 Å². The standard InChI is InChI=1S/C15H22N2O2S/c1-15(7-9-20(18,19)11-15)17-10-12-4-2-6-14-13(12)5-3-8-16-14/h2,4,6,16-17H,3,5,7-11H2,1H3. The number of rotatable bonds is 3. The van der Waals surface area contributed by atoms with Gasteiger partial charge in [-0.25, -0.2) is 8.42 Å². The quantitative estimate of drug-likeness (QED) is 0.891. The van der Waals surface area contributed by atoms with E-state index in [1.807, 2.05) is 6.92 Å². The van der Waals surface area contributed by atoms with Gasteiger partial charge in [0.05, 0.1) is 11.5 Å². The van der Waals surface area contributed by atoms with Gasteiger partial charge < -0.3 is 10.6 Å². The van der Waals surface area contributed by atoms with Crippen molar-refractivity contribution in [2.75, 3.05) is 23.4 Å². The molecule has 3 rings (SSSR count). The van der Waals surface area contributed by atoms with Crippen molar-refractivity contribution in [1.29, 1.82) is 0 Å². The monoisotopic (exact) mass is 294 g/mol. The number of sulfone groups is 1. The van der Waals surface area contributed by atoms with Crippen LogP contribution >= 0.6 is 0 Å². The molecule has 2 heterocycles. The van der Waals surface area contributed by atoms with Gasteiger partial charge in [-0.1, -0.05) is 12.1 Å². The zero-order valence-electron chi connectivity index (χ0n) is 11.9. The first-order chi connectivity index (χ1) is 9.48. The normalized spacial score (nSPS) is 27.9. The summed E-state index contributed by atoms with van der Waals surface area (Å²) in [6.07, 6.45) is 2.98. The number of anilines is 1. The van der Waals surface area contributed by atoms with Crippen LogP contribution in [-0.2, 0) is 22.8 Å². The summed E-state index contributed by atoms with van der Waals surface area (Å²) in [4.78, 5) is 0. The molecule has 2 N–H and O–H groups in total. The second kappa shape index (κ2) is 5.04. The van der Waals surface area contributed by atoms with Gasteiger partial charge in [-0.3, -0.25) is 0 Å². The van der Waals surface area contributed by atoms with Crippen LogP contribution in [0.15, 0.2) is 18.2 Å². The number of hydrogen-bond acceptors (Lipinski definition) is 4. The lowest BCUT2D eigenvalue weighted by atomic mass is 9.96. The van der Waals surface area contributed by atoms with Crippen molar-refractivity contribution in [2.45, 2.75) is 38.3 Å². The van der Waals surface area contributed by atoms with Crippen LogP contribution in [0.2, 0.25) is 0 Å². The summed E-state index contributed by atoms with van der Waals surface area (Å²) >= 11 is 0. The van der Waals surface area contributed by atoms with E-state index in [2.05, 4.69) is 28.8 Å². The average molecular weight is 294 g/mol. The lowest BCUT2D eigenvalue weighted by molar-refractivity contribution is 0.395. The van der Waals surface area contributed by atoms with Crippen molar-refractivity contribution in [3.63, 3.8) is 0 Å². The molecule has 0 aliphatic carbocycles. The minimum absolute atomic E-state index is 0.257. The molecule has 5 heteroatoms. The van der Waals surface area contributed by atoms with Crippen molar-refractivity contribution < 1.29 is 8.42 Å². The largest absolute Gasteiger partial charge is 0.385 e. The summed E-state index contributed by atoms with van der Waals surface area (Å²) in [5.41, 5.74) is 3.64. The second-order valence-corrected chi connectivity index (χ2v) is 8.41. The third-order valence-corrected chi connectivity index (χ3v) is 6.30. The molecule has 2 aliphatic rings. The van der Waals surface area contributed by atoms with E-state index in [1.165, 1.54) is 16.8 Å². The minimum Gasteiger partial charge on any atom is -0.385 e. The van der Waals surface area contributed by atoms with Crippen molar-refractivity contribution in [3.8, 4) is 0 Å². The lowest BCUT2D eigenvalue weighted by Gasteiger charge is -2.26. The number of nitrogens with one attached hydrogen (secondary N) is 2. The topological polar surface area (TPSA) is 58.2 Å². The SMILES string of the molecule is CC1(NCc2cccc3c2CCCN3)CCS(=O)(=O)C1. The van der Waals surface area contributed by atoms with E-state index in [0.717, 1.165) is 25.9 Å². The molecule has 0 spiro atoms. The zero-order valence-corrected chi connectivity index (χ0v) is 12.7. The molecule has 0 saturated carbocycles. The van der Waals surface area contributed by atoms with E-state index in [-0.39, 0.29) is 11.3 Å². The van der Waals surface area contributed by atoms with Crippen LogP contribution < -0.4 is 10.6 Å². The second-order valence-electron chi connectivity index (χ2n) is 6.23. The molecule has 0 aromatic heterocycles. The highest BCUT2D eigenvalue weighted by Crippen LogP contribution is 2.27. The van der Waals surface area contributed by atoms with Gasteiger partial charge in [-0.2, -0.15) is 0 Å². The Bertz CT molecular complexity index is 612. The molecule has 20 heavy (non-hydrogen) atoms. The molecule has 1 aromatic carbocycles. The van der Waals surface area contributed by atoms with E-state index in [0.29, 0.717) is 12.2 Å². The summed E-state index contributed by atoms with van der Waals surface area (Å²) in [6.45, 7) is 3.81. The summed E-state index contributed by atoms with van der Waals surface area (Å²) in [7, 11) is -2.85. The van der Waals surface area contributed by atoms with Gasteiger partial charge in [0.25, 0.3) is 0 Å². The van der Waals surface area contributed by atoms with Crippen LogP contribution in [0.5, 0.6) is 0 Å². The molecule has 1 atom stereocenters. The van der Waals surface area contributed by atoms with Gasteiger partial charge in [0.2, 0.25) is 0 Å². The smallest absolute Gasteiger partial charge is 0.152 e. The van der Waals surface area contributed by atoms with Crippen LogP contribution in [0.25, 0.3) is 0 Å². The van der Waals surface area contributed by atoms with E-state index in [4.69, 9.17) is 0 Å². The summed E-state index contributed by atoms with van der Waals surface area (Å²) in [6, 6.07) is 6.34. The molecule has 0 bridgehead atoms. The molecular weight excluding hydrogens is 272 g/mol. The molecule has 0 amide bonds. The lowest BCUT2D eigenvalue weighted by Crippen LogP contribution is -2.43. The Morgan fingerprint density at radius 3 is 3.00 bits per heavy atom. The van der Waals surface area contributed by atoms with Crippen molar-refractivity contribution in [3.05, 3.63) is 29.3 Å². The molecule has 4 nitrogen and oxygen atoms in total. The van der Waals surface area contributed by atoms with Crippen molar-refractivity contribution >= 4 is 15.5 Å². The van der Waals surface area contributed by atoms with E-state index < -0.39 is 9.84 Å². The first-order valence-electron chi connectivity index (χ1n) is 7.28. The molecular formula is C15H22N2O2S. The maximum absolute atomic E-state index is 11.6. The van der Waals surface area contributed by atoms with Crippen LogP contribution in [0, 0.1) is 0 Å². The highest BCUT2D eigenvalue weighted by atomic mass is 32.2. The molecule has 1 fully saturated rings. The Morgan fingerprint density at radius 1 is 1.40 bits per heavy atom. The fourth-order valence-electron chi connectivity index (χ4n) is 3.21. The van der Waals surface area contributed by atoms with Gasteiger partial charge in [0.15, 0.2) is 9.84 Å². The Balaban J connectivity index is 1.73. The van der Waals surface area contributed by atoms with E-state index >= 15 is 0 Å². The number of benzene rings is 1. The zero-order chi connectivity index (χ0) is 14.2. The highest BCUT2D eigenvalue weighted by molar-refractivity contribution is 7.91. The van der Waals surface area contributed by atoms with Crippen molar-refractivity contribution in [1.82, 2.24) is 5.32 Å². The minimum atomic E-state index is -2.85. The molecule has 1 aromatic rings. The molecule has 1 saturated heterocycles. The van der Waals surface area contributed by atoms with Gasteiger partial charge in [0, 0.05) is 24.3 Å². The maximum atomic E-state index is 11.6. The fraction of sp³-hybridized carbons (Fsp3) is 0.600. The Hall–Kier alpha value is -1.07. The first-order valence-corrected chi connectivity index (χ1v) is 9.10. The number of fused-ring (bicyclic) bond motifs is 1.